The minimum absolute atomic E-state index is 0.163. The molecule has 5 heteroatoms. The largest absolute Gasteiger partial charge is 0.481 e. The Labute approximate surface area is 107 Å². The monoisotopic (exact) mass is 255 g/mol. The maximum atomic E-state index is 11.7. The molecule has 1 saturated carbocycles. The van der Waals surface area contributed by atoms with E-state index in [1.807, 2.05) is 0 Å². The van der Waals surface area contributed by atoms with Gasteiger partial charge in [-0.2, -0.15) is 0 Å². The maximum Gasteiger partial charge on any atom is 0.409 e. The first-order valence-corrected chi connectivity index (χ1v) is 6.75. The van der Waals surface area contributed by atoms with Crippen LogP contribution in [-0.4, -0.2) is 41.8 Å². The van der Waals surface area contributed by atoms with Gasteiger partial charge >= 0.3 is 12.1 Å². The minimum atomic E-state index is -0.762. The second kappa shape index (κ2) is 5.59. The molecule has 0 radical (unpaired) electrons. The van der Waals surface area contributed by atoms with Crippen LogP contribution in [0.2, 0.25) is 0 Å². The van der Waals surface area contributed by atoms with E-state index in [0.717, 1.165) is 32.1 Å². The second-order valence-electron chi connectivity index (χ2n) is 5.52. The zero-order valence-electron chi connectivity index (χ0n) is 10.7. The highest BCUT2D eigenvalue weighted by Gasteiger charge is 2.38. The number of carbonyl (C=O) groups excluding carboxylic acids is 1. The van der Waals surface area contributed by atoms with Gasteiger partial charge in [0.25, 0.3) is 0 Å². The third-order valence-corrected chi connectivity index (χ3v) is 4.02. The van der Waals surface area contributed by atoms with E-state index in [1.165, 1.54) is 6.42 Å². The number of hydrogen-bond acceptors (Lipinski definition) is 3. The summed E-state index contributed by atoms with van der Waals surface area (Å²) in [5, 5.41) is 9.09. The fourth-order valence-corrected chi connectivity index (χ4v) is 3.16. The highest BCUT2D eigenvalue weighted by atomic mass is 16.6. The lowest BCUT2D eigenvalue weighted by Crippen LogP contribution is -2.46. The molecule has 0 spiro atoms. The number of cyclic esters (lactones) is 1. The van der Waals surface area contributed by atoms with Crippen molar-refractivity contribution in [2.45, 2.75) is 44.9 Å². The van der Waals surface area contributed by atoms with E-state index in [4.69, 9.17) is 9.84 Å². The van der Waals surface area contributed by atoms with Crippen LogP contribution in [0.3, 0.4) is 0 Å². The van der Waals surface area contributed by atoms with Crippen LogP contribution in [0.25, 0.3) is 0 Å². The molecule has 1 saturated heterocycles. The van der Waals surface area contributed by atoms with E-state index in [9.17, 15) is 9.59 Å². The van der Waals surface area contributed by atoms with Gasteiger partial charge in [0.05, 0.1) is 13.0 Å². The third kappa shape index (κ3) is 3.15. The van der Waals surface area contributed by atoms with E-state index in [0.29, 0.717) is 19.7 Å². The first-order chi connectivity index (χ1) is 8.61. The van der Waals surface area contributed by atoms with Crippen LogP contribution in [0.4, 0.5) is 4.79 Å². The second-order valence-corrected chi connectivity index (χ2v) is 5.52. The van der Waals surface area contributed by atoms with Crippen molar-refractivity contribution < 1.29 is 19.4 Å². The summed E-state index contributed by atoms with van der Waals surface area (Å²) in [7, 11) is 0. The van der Waals surface area contributed by atoms with E-state index in [-0.39, 0.29) is 17.9 Å². The van der Waals surface area contributed by atoms with Gasteiger partial charge in [-0.05, 0) is 24.7 Å². The summed E-state index contributed by atoms with van der Waals surface area (Å²) in [6.07, 6.45) is 5.84. The molecule has 5 nitrogen and oxygen atoms in total. The molecule has 1 amide bonds. The summed E-state index contributed by atoms with van der Waals surface area (Å²) in [4.78, 5) is 24.4. The van der Waals surface area contributed by atoms with Crippen molar-refractivity contribution in [2.24, 2.45) is 5.41 Å². The lowest BCUT2D eigenvalue weighted by molar-refractivity contribution is -0.140. The Morgan fingerprint density at radius 3 is 2.61 bits per heavy atom. The SMILES string of the molecule is O=C(O)CC1(CN2CCCOC2=O)CCCCC1. The van der Waals surface area contributed by atoms with Crippen LogP contribution in [0.15, 0.2) is 0 Å². The van der Waals surface area contributed by atoms with Crippen molar-refractivity contribution in [2.75, 3.05) is 19.7 Å². The van der Waals surface area contributed by atoms with Crippen LogP contribution in [0, 0.1) is 5.41 Å². The predicted octanol–water partition coefficient (Wildman–Crippen LogP) is 2.25. The summed E-state index contributed by atoms with van der Waals surface area (Å²) in [5.41, 5.74) is -0.236. The number of nitrogens with zero attached hydrogens (tertiary/aromatic N) is 1. The van der Waals surface area contributed by atoms with Crippen molar-refractivity contribution in [3.05, 3.63) is 0 Å². The van der Waals surface area contributed by atoms with Gasteiger partial charge in [-0.15, -0.1) is 0 Å². The molecule has 0 atom stereocenters. The first-order valence-electron chi connectivity index (χ1n) is 6.75. The van der Waals surface area contributed by atoms with Gasteiger partial charge in [0.2, 0.25) is 0 Å². The highest BCUT2D eigenvalue weighted by Crippen LogP contribution is 2.40. The maximum absolute atomic E-state index is 11.7. The fourth-order valence-electron chi connectivity index (χ4n) is 3.16. The molecule has 1 aliphatic carbocycles. The Bertz CT molecular complexity index is 323. The van der Waals surface area contributed by atoms with Gasteiger partial charge in [0, 0.05) is 13.1 Å². The van der Waals surface area contributed by atoms with E-state index < -0.39 is 5.97 Å². The predicted molar refractivity (Wildman–Crippen MR) is 65.3 cm³/mol. The van der Waals surface area contributed by atoms with Crippen molar-refractivity contribution in [3.8, 4) is 0 Å². The molecule has 0 bridgehead atoms. The normalized spacial score (nSPS) is 23.6. The molecule has 0 aromatic heterocycles. The molecule has 2 aliphatic rings. The Morgan fingerprint density at radius 1 is 1.28 bits per heavy atom. The minimum Gasteiger partial charge on any atom is -0.481 e. The summed E-state index contributed by atoms with van der Waals surface area (Å²) in [6.45, 7) is 1.72. The van der Waals surface area contributed by atoms with Crippen molar-refractivity contribution >= 4 is 12.1 Å². The Balaban J connectivity index is 2.03. The van der Waals surface area contributed by atoms with Crippen LogP contribution in [0.5, 0.6) is 0 Å². The first kappa shape index (κ1) is 13.2. The number of rotatable bonds is 4. The van der Waals surface area contributed by atoms with Crippen LogP contribution >= 0.6 is 0 Å². The van der Waals surface area contributed by atoms with Gasteiger partial charge in [0.1, 0.15) is 0 Å². The Hall–Kier alpha value is -1.26. The van der Waals surface area contributed by atoms with Crippen molar-refractivity contribution in [1.29, 1.82) is 0 Å². The molecule has 1 N–H and O–H groups in total. The standard InChI is InChI=1S/C13H21NO4/c15-11(16)9-13(5-2-1-3-6-13)10-14-7-4-8-18-12(14)17/h1-10H2,(H,15,16). The highest BCUT2D eigenvalue weighted by molar-refractivity contribution is 5.69. The van der Waals surface area contributed by atoms with E-state index in [1.54, 1.807) is 4.90 Å². The van der Waals surface area contributed by atoms with Gasteiger partial charge < -0.3 is 14.7 Å². The molecule has 0 aromatic carbocycles. The summed E-state index contributed by atoms with van der Waals surface area (Å²) in [6, 6.07) is 0. The molecule has 2 fully saturated rings. The Morgan fingerprint density at radius 2 is 2.00 bits per heavy atom. The quantitative estimate of drug-likeness (QED) is 0.836. The fraction of sp³-hybridized carbons (Fsp3) is 0.846. The van der Waals surface area contributed by atoms with Gasteiger partial charge in [-0.25, -0.2) is 4.79 Å². The van der Waals surface area contributed by atoms with Crippen LogP contribution in [-0.2, 0) is 9.53 Å². The molecule has 2 rings (SSSR count). The van der Waals surface area contributed by atoms with Crippen molar-refractivity contribution in [3.63, 3.8) is 0 Å². The smallest absolute Gasteiger partial charge is 0.409 e. The topological polar surface area (TPSA) is 66.8 Å². The van der Waals surface area contributed by atoms with Crippen LogP contribution < -0.4 is 0 Å². The molecule has 1 heterocycles. The van der Waals surface area contributed by atoms with E-state index >= 15 is 0 Å². The summed E-state index contributed by atoms with van der Waals surface area (Å²) < 4.78 is 5.02. The summed E-state index contributed by atoms with van der Waals surface area (Å²) >= 11 is 0. The van der Waals surface area contributed by atoms with Gasteiger partial charge in [0.15, 0.2) is 0 Å². The zero-order valence-corrected chi connectivity index (χ0v) is 10.7. The number of ether oxygens (including phenoxy) is 1. The number of carboxylic acid groups (broad SMARTS) is 1. The molecule has 0 unspecified atom stereocenters. The lowest BCUT2D eigenvalue weighted by Gasteiger charge is -2.40. The zero-order chi connectivity index (χ0) is 13.0. The van der Waals surface area contributed by atoms with E-state index in [2.05, 4.69) is 0 Å². The summed E-state index contributed by atoms with van der Waals surface area (Å²) in [5.74, 6) is -0.762. The van der Waals surface area contributed by atoms with Gasteiger partial charge in [-0.3, -0.25) is 4.79 Å². The Kier molecular flexibility index (Phi) is 4.09. The van der Waals surface area contributed by atoms with Gasteiger partial charge in [-0.1, -0.05) is 19.3 Å². The number of hydrogen-bond donors (Lipinski definition) is 1. The van der Waals surface area contributed by atoms with Crippen molar-refractivity contribution in [1.82, 2.24) is 4.90 Å². The molecular weight excluding hydrogens is 234 g/mol. The number of carbonyl (C=O) groups is 2. The molecule has 1 aliphatic heterocycles. The average molecular weight is 255 g/mol. The lowest BCUT2D eigenvalue weighted by atomic mass is 9.71. The molecule has 0 aromatic rings. The number of amides is 1. The third-order valence-electron chi connectivity index (χ3n) is 4.02. The molecule has 102 valence electrons. The number of aliphatic carboxylic acids is 1. The molecule has 18 heavy (non-hydrogen) atoms. The van der Waals surface area contributed by atoms with Crippen LogP contribution in [0.1, 0.15) is 44.9 Å². The number of carboxylic acids is 1. The molecular formula is C13H21NO4. The average Bonchev–Trinajstić information content (AvgIpc) is 2.32.